The number of rotatable bonds is 4. The van der Waals surface area contributed by atoms with Crippen molar-refractivity contribution in [3.05, 3.63) is 59.6 Å². The van der Waals surface area contributed by atoms with Gasteiger partial charge < -0.3 is 15.1 Å². The third-order valence-corrected chi connectivity index (χ3v) is 4.59. The summed E-state index contributed by atoms with van der Waals surface area (Å²) in [6, 6.07) is 10.3. The molecular weight excluding hydrogens is 369 g/mol. The lowest BCUT2D eigenvalue weighted by atomic mass is 10.3. The zero-order chi connectivity index (χ0) is 18.6. The fraction of sp³-hybridized carbons (Fsp3) is 0.222. The van der Waals surface area contributed by atoms with E-state index in [1.807, 2.05) is 18.2 Å². The van der Waals surface area contributed by atoms with Crippen molar-refractivity contribution in [1.29, 1.82) is 0 Å². The van der Waals surface area contributed by atoms with E-state index < -0.39 is 5.82 Å². The van der Waals surface area contributed by atoms with Crippen LogP contribution in [0.5, 0.6) is 0 Å². The number of benzene rings is 1. The Morgan fingerprint density at radius 1 is 1.00 bits per heavy atom. The maximum absolute atomic E-state index is 13.3. The molecule has 27 heavy (non-hydrogen) atoms. The van der Waals surface area contributed by atoms with Crippen LogP contribution in [0.25, 0.3) is 0 Å². The quantitative estimate of drug-likeness (QED) is 0.739. The number of halogens is 2. The standard InChI is InChI=1S/C18H17ClFN7/c19-14-11-13(4-5-15(14)20)23-18-24-17(12-22-25-18)27-9-7-26(8-10-27)16-3-1-2-6-21-16/h1-6,11-12H,7-10H2,(H,23,24,25). The van der Waals surface area contributed by atoms with Crippen molar-refractivity contribution >= 4 is 34.9 Å². The highest BCUT2D eigenvalue weighted by Crippen LogP contribution is 2.22. The first-order valence-electron chi connectivity index (χ1n) is 8.52. The topological polar surface area (TPSA) is 70.1 Å². The summed E-state index contributed by atoms with van der Waals surface area (Å²) in [4.78, 5) is 13.3. The summed E-state index contributed by atoms with van der Waals surface area (Å²) in [6.45, 7) is 3.29. The molecule has 1 aromatic carbocycles. The van der Waals surface area contributed by atoms with Crippen molar-refractivity contribution in [3.63, 3.8) is 0 Å². The molecule has 4 rings (SSSR count). The van der Waals surface area contributed by atoms with E-state index in [-0.39, 0.29) is 5.02 Å². The van der Waals surface area contributed by atoms with Gasteiger partial charge in [0, 0.05) is 38.1 Å². The zero-order valence-corrected chi connectivity index (χ0v) is 15.1. The Kier molecular flexibility index (Phi) is 4.97. The van der Waals surface area contributed by atoms with Crippen molar-refractivity contribution in [2.75, 3.05) is 41.3 Å². The van der Waals surface area contributed by atoms with E-state index >= 15 is 0 Å². The molecule has 0 bridgehead atoms. The summed E-state index contributed by atoms with van der Waals surface area (Å²) in [7, 11) is 0. The molecular formula is C18H17ClFN7. The minimum absolute atomic E-state index is 0.0368. The van der Waals surface area contributed by atoms with Crippen molar-refractivity contribution in [3.8, 4) is 0 Å². The van der Waals surface area contributed by atoms with Gasteiger partial charge in [0.1, 0.15) is 11.6 Å². The molecule has 0 aliphatic carbocycles. The van der Waals surface area contributed by atoms with Gasteiger partial charge in [0.05, 0.1) is 11.2 Å². The Balaban J connectivity index is 1.43. The van der Waals surface area contributed by atoms with E-state index in [4.69, 9.17) is 11.6 Å². The van der Waals surface area contributed by atoms with Crippen LogP contribution < -0.4 is 15.1 Å². The van der Waals surface area contributed by atoms with Gasteiger partial charge in [0.15, 0.2) is 5.82 Å². The Bertz CT molecular complexity index is 917. The Morgan fingerprint density at radius 3 is 2.48 bits per heavy atom. The molecule has 0 spiro atoms. The van der Waals surface area contributed by atoms with Crippen LogP contribution in [0.15, 0.2) is 48.8 Å². The predicted molar refractivity (Wildman–Crippen MR) is 103 cm³/mol. The molecule has 3 heterocycles. The van der Waals surface area contributed by atoms with Gasteiger partial charge in [-0.2, -0.15) is 10.1 Å². The second kappa shape index (κ2) is 7.71. The summed E-state index contributed by atoms with van der Waals surface area (Å²) in [5.41, 5.74) is 0.598. The van der Waals surface area contributed by atoms with E-state index in [2.05, 4.69) is 35.3 Å². The average molecular weight is 386 g/mol. The molecule has 0 unspecified atom stereocenters. The SMILES string of the molecule is Fc1ccc(Nc2nncc(N3CCN(c4ccccn4)CC3)n2)cc1Cl. The summed E-state index contributed by atoms with van der Waals surface area (Å²) in [6.07, 6.45) is 3.44. The largest absolute Gasteiger partial charge is 0.353 e. The van der Waals surface area contributed by atoms with Crippen LogP contribution in [0.4, 0.5) is 27.7 Å². The molecule has 7 nitrogen and oxygen atoms in total. The molecule has 1 fully saturated rings. The third-order valence-electron chi connectivity index (χ3n) is 4.30. The first-order valence-corrected chi connectivity index (χ1v) is 8.89. The monoisotopic (exact) mass is 385 g/mol. The molecule has 0 radical (unpaired) electrons. The van der Waals surface area contributed by atoms with Crippen LogP contribution in [0.1, 0.15) is 0 Å². The van der Waals surface area contributed by atoms with Crippen LogP contribution in [0, 0.1) is 5.82 Å². The summed E-state index contributed by atoms with van der Waals surface area (Å²) in [5.74, 6) is 1.58. The summed E-state index contributed by atoms with van der Waals surface area (Å²) in [5, 5.41) is 11.1. The zero-order valence-electron chi connectivity index (χ0n) is 14.4. The number of piperazine rings is 1. The molecule has 2 aromatic heterocycles. The second-order valence-electron chi connectivity index (χ2n) is 6.05. The van der Waals surface area contributed by atoms with Crippen LogP contribution in [0.2, 0.25) is 5.02 Å². The van der Waals surface area contributed by atoms with Gasteiger partial charge >= 0.3 is 0 Å². The van der Waals surface area contributed by atoms with Gasteiger partial charge in [-0.15, -0.1) is 5.10 Å². The highest BCUT2D eigenvalue weighted by atomic mass is 35.5. The molecule has 9 heteroatoms. The summed E-state index contributed by atoms with van der Waals surface area (Å²) < 4.78 is 13.3. The average Bonchev–Trinajstić information content (AvgIpc) is 2.72. The first-order chi connectivity index (χ1) is 13.2. The smallest absolute Gasteiger partial charge is 0.249 e. The normalized spacial score (nSPS) is 14.3. The molecule has 0 saturated carbocycles. The van der Waals surface area contributed by atoms with Crippen LogP contribution in [-0.2, 0) is 0 Å². The molecule has 138 valence electrons. The number of aromatic nitrogens is 4. The van der Waals surface area contributed by atoms with E-state index in [0.29, 0.717) is 11.6 Å². The molecule has 1 aliphatic heterocycles. The van der Waals surface area contributed by atoms with E-state index in [0.717, 1.165) is 37.8 Å². The van der Waals surface area contributed by atoms with Crippen molar-refractivity contribution in [2.24, 2.45) is 0 Å². The fourth-order valence-electron chi connectivity index (χ4n) is 2.91. The molecule has 1 N–H and O–H groups in total. The number of pyridine rings is 1. The van der Waals surface area contributed by atoms with Gasteiger partial charge in [0.2, 0.25) is 5.95 Å². The summed E-state index contributed by atoms with van der Waals surface area (Å²) >= 11 is 5.81. The van der Waals surface area contributed by atoms with E-state index in [9.17, 15) is 4.39 Å². The van der Waals surface area contributed by atoms with Gasteiger partial charge in [0.25, 0.3) is 0 Å². The van der Waals surface area contributed by atoms with Crippen LogP contribution in [-0.4, -0.2) is 46.3 Å². The number of hydrogen-bond donors (Lipinski definition) is 1. The lowest BCUT2D eigenvalue weighted by Gasteiger charge is -2.35. The van der Waals surface area contributed by atoms with Gasteiger partial charge in [-0.05, 0) is 30.3 Å². The number of hydrogen-bond acceptors (Lipinski definition) is 7. The maximum atomic E-state index is 13.3. The fourth-order valence-corrected chi connectivity index (χ4v) is 3.09. The minimum Gasteiger partial charge on any atom is -0.353 e. The van der Waals surface area contributed by atoms with Crippen molar-refractivity contribution in [2.45, 2.75) is 0 Å². The minimum atomic E-state index is -0.471. The van der Waals surface area contributed by atoms with Crippen LogP contribution in [0.3, 0.4) is 0 Å². The third kappa shape index (κ3) is 4.06. The highest BCUT2D eigenvalue weighted by Gasteiger charge is 2.19. The molecule has 0 amide bonds. The lowest BCUT2D eigenvalue weighted by molar-refractivity contribution is 0.628. The van der Waals surface area contributed by atoms with Gasteiger partial charge in [-0.25, -0.2) is 9.37 Å². The van der Waals surface area contributed by atoms with Crippen LogP contribution >= 0.6 is 11.6 Å². The van der Waals surface area contributed by atoms with Gasteiger partial charge in [-0.3, -0.25) is 0 Å². The van der Waals surface area contributed by atoms with Gasteiger partial charge in [-0.1, -0.05) is 17.7 Å². The lowest BCUT2D eigenvalue weighted by Crippen LogP contribution is -2.47. The Labute approximate surface area is 160 Å². The second-order valence-corrected chi connectivity index (χ2v) is 6.46. The van der Waals surface area contributed by atoms with Crippen molar-refractivity contribution in [1.82, 2.24) is 20.2 Å². The Hall–Kier alpha value is -3.00. The first kappa shape index (κ1) is 17.4. The maximum Gasteiger partial charge on any atom is 0.249 e. The number of nitrogens with one attached hydrogen (secondary N) is 1. The van der Waals surface area contributed by atoms with Crippen molar-refractivity contribution < 1.29 is 4.39 Å². The molecule has 1 saturated heterocycles. The molecule has 0 atom stereocenters. The Morgan fingerprint density at radius 2 is 1.78 bits per heavy atom. The molecule has 3 aromatic rings. The van der Waals surface area contributed by atoms with E-state index in [1.54, 1.807) is 18.5 Å². The molecule has 1 aliphatic rings. The predicted octanol–water partition coefficient (Wildman–Crippen LogP) is 3.13. The number of anilines is 4. The number of nitrogens with zero attached hydrogens (tertiary/aromatic N) is 6. The van der Waals surface area contributed by atoms with E-state index in [1.165, 1.54) is 12.1 Å². The highest BCUT2D eigenvalue weighted by molar-refractivity contribution is 6.31.